The zero-order valence-corrected chi connectivity index (χ0v) is 9.91. The SMILES string of the molecule is CC1CC(N(CC2CCCN2)C2CC2)C1. The zero-order chi connectivity index (χ0) is 10.3. The van der Waals surface area contributed by atoms with Crippen LogP contribution >= 0.6 is 0 Å². The van der Waals surface area contributed by atoms with Crippen LogP contribution in [0.25, 0.3) is 0 Å². The van der Waals surface area contributed by atoms with E-state index in [0.717, 1.165) is 24.0 Å². The van der Waals surface area contributed by atoms with Gasteiger partial charge in [0.2, 0.25) is 0 Å². The van der Waals surface area contributed by atoms with Crippen molar-refractivity contribution in [3.8, 4) is 0 Å². The normalized spacial score (nSPS) is 40.8. The van der Waals surface area contributed by atoms with Crippen LogP contribution in [0.5, 0.6) is 0 Å². The van der Waals surface area contributed by atoms with Gasteiger partial charge < -0.3 is 5.32 Å². The highest BCUT2D eigenvalue weighted by Crippen LogP contribution is 2.38. The molecular weight excluding hydrogens is 184 g/mol. The Morgan fingerprint density at radius 2 is 1.93 bits per heavy atom. The average molecular weight is 208 g/mol. The Morgan fingerprint density at radius 1 is 1.13 bits per heavy atom. The van der Waals surface area contributed by atoms with Gasteiger partial charge in [0, 0.05) is 24.7 Å². The topological polar surface area (TPSA) is 15.3 Å². The van der Waals surface area contributed by atoms with Gasteiger partial charge in [0.25, 0.3) is 0 Å². The van der Waals surface area contributed by atoms with Gasteiger partial charge in [0.05, 0.1) is 0 Å². The summed E-state index contributed by atoms with van der Waals surface area (Å²) in [4.78, 5) is 2.84. The Morgan fingerprint density at radius 3 is 2.47 bits per heavy atom. The Balaban J connectivity index is 1.53. The molecule has 3 rings (SSSR count). The number of nitrogens with one attached hydrogen (secondary N) is 1. The Hall–Kier alpha value is -0.0800. The fourth-order valence-corrected chi connectivity index (χ4v) is 3.30. The molecule has 2 heteroatoms. The van der Waals surface area contributed by atoms with Crippen molar-refractivity contribution in [3.63, 3.8) is 0 Å². The number of rotatable bonds is 4. The van der Waals surface area contributed by atoms with E-state index in [9.17, 15) is 0 Å². The molecule has 1 N–H and O–H groups in total. The van der Waals surface area contributed by atoms with Crippen LogP contribution in [-0.2, 0) is 0 Å². The number of nitrogens with zero attached hydrogens (tertiary/aromatic N) is 1. The average Bonchev–Trinajstić information content (AvgIpc) is 2.89. The quantitative estimate of drug-likeness (QED) is 0.760. The molecule has 86 valence electrons. The summed E-state index contributed by atoms with van der Waals surface area (Å²) in [5.74, 6) is 0.993. The van der Waals surface area contributed by atoms with E-state index in [1.54, 1.807) is 0 Å². The Labute approximate surface area is 93.4 Å². The molecule has 15 heavy (non-hydrogen) atoms. The van der Waals surface area contributed by atoms with Gasteiger partial charge in [-0.3, -0.25) is 4.90 Å². The maximum atomic E-state index is 3.64. The van der Waals surface area contributed by atoms with Gasteiger partial charge in [-0.1, -0.05) is 6.92 Å². The van der Waals surface area contributed by atoms with Crippen molar-refractivity contribution in [2.75, 3.05) is 13.1 Å². The van der Waals surface area contributed by atoms with Crippen LogP contribution in [0, 0.1) is 5.92 Å². The first-order valence-corrected chi connectivity index (χ1v) is 6.82. The highest BCUT2D eigenvalue weighted by Gasteiger charge is 2.39. The predicted molar refractivity (Wildman–Crippen MR) is 62.9 cm³/mol. The third kappa shape index (κ3) is 2.21. The summed E-state index contributed by atoms with van der Waals surface area (Å²) in [6, 6.07) is 2.71. The van der Waals surface area contributed by atoms with Gasteiger partial charge in [-0.05, 0) is 51.0 Å². The lowest BCUT2D eigenvalue weighted by molar-refractivity contribution is 0.0715. The minimum absolute atomic E-state index is 0.807. The van der Waals surface area contributed by atoms with Crippen molar-refractivity contribution in [1.82, 2.24) is 10.2 Å². The van der Waals surface area contributed by atoms with E-state index in [4.69, 9.17) is 0 Å². The van der Waals surface area contributed by atoms with Crippen molar-refractivity contribution >= 4 is 0 Å². The van der Waals surface area contributed by atoms with E-state index in [2.05, 4.69) is 17.1 Å². The zero-order valence-electron chi connectivity index (χ0n) is 9.91. The van der Waals surface area contributed by atoms with Crippen LogP contribution in [0.15, 0.2) is 0 Å². The summed E-state index contributed by atoms with van der Waals surface area (Å²) in [5.41, 5.74) is 0. The summed E-state index contributed by atoms with van der Waals surface area (Å²) in [6.07, 6.45) is 8.66. The van der Waals surface area contributed by atoms with E-state index in [1.165, 1.54) is 51.6 Å². The molecule has 1 unspecified atom stereocenters. The van der Waals surface area contributed by atoms with Gasteiger partial charge in [-0.15, -0.1) is 0 Å². The van der Waals surface area contributed by atoms with Gasteiger partial charge in [-0.25, -0.2) is 0 Å². The van der Waals surface area contributed by atoms with E-state index in [0.29, 0.717) is 0 Å². The van der Waals surface area contributed by atoms with Crippen molar-refractivity contribution in [2.24, 2.45) is 5.92 Å². The summed E-state index contributed by atoms with van der Waals surface area (Å²) in [5, 5.41) is 3.64. The van der Waals surface area contributed by atoms with Crippen molar-refractivity contribution in [2.45, 2.75) is 63.6 Å². The van der Waals surface area contributed by atoms with Crippen LogP contribution in [0.2, 0.25) is 0 Å². The lowest BCUT2D eigenvalue weighted by atomic mass is 9.80. The van der Waals surface area contributed by atoms with Crippen molar-refractivity contribution < 1.29 is 0 Å². The van der Waals surface area contributed by atoms with Crippen molar-refractivity contribution in [3.05, 3.63) is 0 Å². The minimum atomic E-state index is 0.807. The lowest BCUT2D eigenvalue weighted by Gasteiger charge is -2.43. The molecule has 0 amide bonds. The second-order valence-corrected chi connectivity index (χ2v) is 5.95. The molecule has 2 aliphatic carbocycles. The minimum Gasteiger partial charge on any atom is -0.313 e. The maximum absolute atomic E-state index is 3.64. The number of hydrogen-bond donors (Lipinski definition) is 1. The van der Waals surface area contributed by atoms with E-state index < -0.39 is 0 Å². The van der Waals surface area contributed by atoms with Gasteiger partial charge >= 0.3 is 0 Å². The molecule has 3 fully saturated rings. The molecule has 1 atom stereocenters. The highest BCUT2D eigenvalue weighted by atomic mass is 15.2. The van der Waals surface area contributed by atoms with Gasteiger partial charge in [0.1, 0.15) is 0 Å². The molecule has 3 aliphatic rings. The molecule has 0 aromatic carbocycles. The van der Waals surface area contributed by atoms with Crippen LogP contribution in [-0.4, -0.2) is 36.1 Å². The first-order chi connectivity index (χ1) is 7.33. The molecule has 0 aromatic rings. The molecule has 0 spiro atoms. The largest absolute Gasteiger partial charge is 0.313 e. The lowest BCUT2D eigenvalue weighted by Crippen LogP contribution is -2.49. The molecule has 1 heterocycles. The molecule has 2 saturated carbocycles. The summed E-state index contributed by atoms with van der Waals surface area (Å²) >= 11 is 0. The molecule has 1 aliphatic heterocycles. The maximum Gasteiger partial charge on any atom is 0.0195 e. The highest BCUT2D eigenvalue weighted by molar-refractivity contribution is 4.96. The van der Waals surface area contributed by atoms with E-state index in [1.807, 2.05) is 0 Å². The standard InChI is InChI=1S/C13H24N2/c1-10-7-13(8-10)15(12-4-5-12)9-11-3-2-6-14-11/h10-14H,2-9H2,1H3. The first-order valence-electron chi connectivity index (χ1n) is 6.82. The Bertz CT molecular complexity index is 213. The third-order valence-electron chi connectivity index (χ3n) is 4.43. The molecular formula is C13H24N2. The van der Waals surface area contributed by atoms with Gasteiger partial charge in [0.15, 0.2) is 0 Å². The van der Waals surface area contributed by atoms with E-state index >= 15 is 0 Å². The molecule has 0 bridgehead atoms. The fourth-order valence-electron chi connectivity index (χ4n) is 3.30. The van der Waals surface area contributed by atoms with Crippen LogP contribution in [0.3, 0.4) is 0 Å². The van der Waals surface area contributed by atoms with Crippen LogP contribution in [0.4, 0.5) is 0 Å². The molecule has 2 nitrogen and oxygen atoms in total. The monoisotopic (exact) mass is 208 g/mol. The molecule has 1 saturated heterocycles. The smallest absolute Gasteiger partial charge is 0.0195 e. The second-order valence-electron chi connectivity index (χ2n) is 5.95. The molecule has 0 radical (unpaired) electrons. The fraction of sp³-hybridized carbons (Fsp3) is 1.00. The number of hydrogen-bond acceptors (Lipinski definition) is 2. The third-order valence-corrected chi connectivity index (χ3v) is 4.43. The summed E-state index contributed by atoms with van der Waals surface area (Å²) in [7, 11) is 0. The Kier molecular flexibility index (Phi) is 2.73. The van der Waals surface area contributed by atoms with Crippen molar-refractivity contribution in [1.29, 1.82) is 0 Å². The van der Waals surface area contributed by atoms with E-state index in [-0.39, 0.29) is 0 Å². The first kappa shape index (κ1) is 10.1. The van der Waals surface area contributed by atoms with Gasteiger partial charge in [-0.2, -0.15) is 0 Å². The summed E-state index contributed by atoms with van der Waals surface area (Å²) in [6.45, 7) is 4.99. The summed E-state index contributed by atoms with van der Waals surface area (Å²) < 4.78 is 0. The van der Waals surface area contributed by atoms with Crippen LogP contribution in [0.1, 0.15) is 45.4 Å². The predicted octanol–water partition coefficient (Wildman–Crippen LogP) is 2.00. The van der Waals surface area contributed by atoms with Crippen LogP contribution < -0.4 is 5.32 Å². The molecule has 0 aromatic heterocycles. The second kappa shape index (κ2) is 4.06.